The van der Waals surface area contributed by atoms with Gasteiger partial charge >= 0.3 is 0 Å². The number of aryl methyl sites for hydroxylation is 1. The molecular formula is C16H19N3O. The molecule has 0 bridgehead atoms. The summed E-state index contributed by atoms with van der Waals surface area (Å²) in [6.07, 6.45) is 6.92. The molecule has 2 heterocycles. The summed E-state index contributed by atoms with van der Waals surface area (Å²) in [4.78, 5) is 16.9. The molecule has 4 rings (SSSR count). The molecule has 0 unspecified atom stereocenters. The highest BCUT2D eigenvalue weighted by Gasteiger charge is 2.42. The van der Waals surface area contributed by atoms with Crippen molar-refractivity contribution in [2.45, 2.75) is 38.6 Å². The number of nitrogens with one attached hydrogen (secondary N) is 1. The fourth-order valence-electron chi connectivity index (χ4n) is 3.01. The first-order chi connectivity index (χ1) is 9.72. The molecule has 0 saturated heterocycles. The number of fused-ring (bicyclic) bond motifs is 1. The molecule has 1 N–H and O–H groups in total. The number of rotatable bonds is 4. The number of pyridine rings is 1. The molecule has 4 nitrogen and oxygen atoms in total. The zero-order valence-electron chi connectivity index (χ0n) is 11.7. The number of nitrogens with zero attached hydrogens (tertiary/aromatic N) is 2. The molecule has 2 aromatic rings. The van der Waals surface area contributed by atoms with Crippen molar-refractivity contribution in [1.29, 1.82) is 0 Å². The minimum Gasteiger partial charge on any atom is -0.347 e. The van der Waals surface area contributed by atoms with Gasteiger partial charge in [0.1, 0.15) is 11.3 Å². The SMILES string of the molecule is Cc1cccc2nc(C(=O)NC(C3CC3)C3CC3)cn12. The molecule has 20 heavy (non-hydrogen) atoms. The van der Waals surface area contributed by atoms with Crippen LogP contribution in [0, 0.1) is 18.8 Å². The van der Waals surface area contributed by atoms with Gasteiger partial charge in [0.15, 0.2) is 0 Å². The van der Waals surface area contributed by atoms with E-state index in [0.29, 0.717) is 23.6 Å². The van der Waals surface area contributed by atoms with E-state index in [1.807, 2.05) is 35.7 Å². The van der Waals surface area contributed by atoms with Crippen LogP contribution in [0.3, 0.4) is 0 Å². The van der Waals surface area contributed by atoms with Gasteiger partial charge in [0.25, 0.3) is 5.91 Å². The lowest BCUT2D eigenvalue weighted by molar-refractivity contribution is 0.0922. The molecule has 0 aliphatic heterocycles. The second-order valence-electron chi connectivity index (χ2n) is 6.20. The summed E-state index contributed by atoms with van der Waals surface area (Å²) >= 11 is 0. The summed E-state index contributed by atoms with van der Waals surface area (Å²) < 4.78 is 1.97. The molecule has 104 valence electrons. The van der Waals surface area contributed by atoms with Gasteiger partial charge < -0.3 is 9.72 Å². The first kappa shape index (κ1) is 11.9. The molecule has 4 heteroatoms. The minimum absolute atomic E-state index is 0.0168. The van der Waals surface area contributed by atoms with Crippen molar-refractivity contribution in [1.82, 2.24) is 14.7 Å². The van der Waals surface area contributed by atoms with Crippen LogP contribution in [-0.4, -0.2) is 21.3 Å². The maximum Gasteiger partial charge on any atom is 0.271 e. The van der Waals surface area contributed by atoms with Crippen LogP contribution in [-0.2, 0) is 0 Å². The smallest absolute Gasteiger partial charge is 0.271 e. The van der Waals surface area contributed by atoms with Crippen LogP contribution in [0.5, 0.6) is 0 Å². The molecule has 2 aliphatic carbocycles. The molecule has 2 fully saturated rings. The Kier molecular flexibility index (Phi) is 2.59. The second kappa shape index (κ2) is 4.33. The van der Waals surface area contributed by atoms with Gasteiger partial charge in [0.2, 0.25) is 0 Å². The van der Waals surface area contributed by atoms with E-state index >= 15 is 0 Å². The molecule has 1 amide bonds. The summed E-state index contributed by atoms with van der Waals surface area (Å²) in [7, 11) is 0. The quantitative estimate of drug-likeness (QED) is 0.927. The van der Waals surface area contributed by atoms with E-state index in [4.69, 9.17) is 0 Å². The van der Waals surface area contributed by atoms with Gasteiger partial charge in [-0.2, -0.15) is 0 Å². The maximum atomic E-state index is 12.4. The van der Waals surface area contributed by atoms with E-state index in [2.05, 4.69) is 10.3 Å². The minimum atomic E-state index is -0.0168. The Labute approximate surface area is 118 Å². The van der Waals surface area contributed by atoms with Gasteiger partial charge in [-0.3, -0.25) is 4.79 Å². The Balaban J connectivity index is 1.58. The Morgan fingerprint density at radius 1 is 1.30 bits per heavy atom. The van der Waals surface area contributed by atoms with Gasteiger partial charge in [-0.15, -0.1) is 0 Å². The van der Waals surface area contributed by atoms with E-state index in [0.717, 1.165) is 11.3 Å². The van der Waals surface area contributed by atoms with Crippen molar-refractivity contribution in [3.05, 3.63) is 35.8 Å². The molecule has 0 spiro atoms. The normalized spacial score (nSPS) is 18.7. The summed E-state index contributed by atoms with van der Waals surface area (Å²) in [5, 5.41) is 3.22. The third kappa shape index (κ3) is 2.09. The van der Waals surface area contributed by atoms with Gasteiger partial charge in [-0.1, -0.05) is 6.07 Å². The van der Waals surface area contributed by atoms with E-state index in [1.54, 1.807) is 0 Å². The molecule has 2 aliphatic rings. The van der Waals surface area contributed by atoms with E-state index in [-0.39, 0.29) is 5.91 Å². The third-order valence-corrected chi connectivity index (χ3v) is 4.49. The lowest BCUT2D eigenvalue weighted by Crippen LogP contribution is -2.38. The number of hydrogen-bond acceptors (Lipinski definition) is 2. The van der Waals surface area contributed by atoms with Gasteiger partial charge in [0.05, 0.1) is 0 Å². The molecule has 0 radical (unpaired) electrons. The van der Waals surface area contributed by atoms with Crippen molar-refractivity contribution in [3.8, 4) is 0 Å². The maximum absolute atomic E-state index is 12.4. The van der Waals surface area contributed by atoms with Crippen LogP contribution >= 0.6 is 0 Å². The fourth-order valence-corrected chi connectivity index (χ4v) is 3.01. The molecule has 0 atom stereocenters. The lowest BCUT2D eigenvalue weighted by Gasteiger charge is -2.16. The van der Waals surface area contributed by atoms with Crippen LogP contribution in [0.4, 0.5) is 0 Å². The average Bonchev–Trinajstić information content (AvgIpc) is 3.34. The first-order valence-corrected chi connectivity index (χ1v) is 7.48. The highest BCUT2D eigenvalue weighted by molar-refractivity contribution is 5.93. The average molecular weight is 269 g/mol. The highest BCUT2D eigenvalue weighted by atomic mass is 16.2. The lowest BCUT2D eigenvalue weighted by atomic mass is 10.1. The first-order valence-electron chi connectivity index (χ1n) is 7.48. The fraction of sp³-hybridized carbons (Fsp3) is 0.500. The zero-order valence-corrected chi connectivity index (χ0v) is 11.7. The van der Waals surface area contributed by atoms with Crippen molar-refractivity contribution in [3.63, 3.8) is 0 Å². The van der Waals surface area contributed by atoms with Crippen LogP contribution in [0.1, 0.15) is 41.9 Å². The zero-order chi connectivity index (χ0) is 13.7. The summed E-state index contributed by atoms with van der Waals surface area (Å²) in [5.41, 5.74) is 2.46. The topological polar surface area (TPSA) is 46.4 Å². The van der Waals surface area contributed by atoms with Crippen molar-refractivity contribution >= 4 is 11.6 Å². The Bertz CT molecular complexity index is 655. The van der Waals surface area contributed by atoms with Gasteiger partial charge in [-0.05, 0) is 56.6 Å². The second-order valence-corrected chi connectivity index (χ2v) is 6.20. The number of hydrogen-bond donors (Lipinski definition) is 1. The number of imidazole rings is 1. The Hall–Kier alpha value is -1.84. The van der Waals surface area contributed by atoms with Crippen LogP contribution in [0.25, 0.3) is 5.65 Å². The van der Waals surface area contributed by atoms with E-state index < -0.39 is 0 Å². The standard InChI is InChI=1S/C16H19N3O/c1-10-3-2-4-14-17-13(9-19(10)14)16(20)18-15(11-5-6-11)12-7-8-12/h2-4,9,11-12,15H,5-8H2,1H3,(H,18,20). The summed E-state index contributed by atoms with van der Waals surface area (Å²) in [5.74, 6) is 1.41. The predicted molar refractivity (Wildman–Crippen MR) is 76.6 cm³/mol. The predicted octanol–water partition coefficient (Wildman–Crippen LogP) is 2.56. The van der Waals surface area contributed by atoms with Crippen LogP contribution in [0.2, 0.25) is 0 Å². The third-order valence-electron chi connectivity index (χ3n) is 4.49. The monoisotopic (exact) mass is 269 g/mol. The molecule has 2 saturated carbocycles. The highest BCUT2D eigenvalue weighted by Crippen LogP contribution is 2.44. The molecular weight excluding hydrogens is 250 g/mol. The van der Waals surface area contributed by atoms with Crippen LogP contribution < -0.4 is 5.32 Å². The van der Waals surface area contributed by atoms with E-state index in [1.165, 1.54) is 25.7 Å². The molecule has 0 aromatic carbocycles. The number of carbonyl (C=O) groups is 1. The number of carbonyl (C=O) groups excluding carboxylic acids is 1. The van der Waals surface area contributed by atoms with Crippen molar-refractivity contribution in [2.24, 2.45) is 11.8 Å². The summed E-state index contributed by atoms with van der Waals surface area (Å²) in [6, 6.07) is 6.31. The van der Waals surface area contributed by atoms with E-state index in [9.17, 15) is 4.79 Å². The van der Waals surface area contributed by atoms with Gasteiger partial charge in [0, 0.05) is 17.9 Å². The Morgan fingerprint density at radius 3 is 2.60 bits per heavy atom. The van der Waals surface area contributed by atoms with Crippen molar-refractivity contribution in [2.75, 3.05) is 0 Å². The Morgan fingerprint density at radius 2 is 2.00 bits per heavy atom. The number of aromatic nitrogens is 2. The van der Waals surface area contributed by atoms with Gasteiger partial charge in [-0.25, -0.2) is 4.98 Å². The van der Waals surface area contributed by atoms with Crippen molar-refractivity contribution < 1.29 is 4.79 Å². The largest absolute Gasteiger partial charge is 0.347 e. The summed E-state index contributed by atoms with van der Waals surface area (Å²) in [6.45, 7) is 2.02. The molecule has 2 aromatic heterocycles. The van der Waals surface area contributed by atoms with Crippen LogP contribution in [0.15, 0.2) is 24.4 Å². The number of amides is 1.